The third kappa shape index (κ3) is 4.02. The molecule has 0 saturated carbocycles. The minimum atomic E-state index is -1.54. The van der Waals surface area contributed by atoms with E-state index in [2.05, 4.69) is 20.6 Å². The Balaban J connectivity index is 1.69. The third-order valence-electron chi connectivity index (χ3n) is 3.60. The fourth-order valence-electron chi connectivity index (χ4n) is 2.22. The van der Waals surface area contributed by atoms with Gasteiger partial charge in [-0.2, -0.15) is 0 Å². The van der Waals surface area contributed by atoms with E-state index < -0.39 is 17.5 Å². The van der Waals surface area contributed by atoms with Crippen LogP contribution in [0.25, 0.3) is 0 Å². The Morgan fingerprint density at radius 1 is 0.923 bits per heavy atom. The number of nitrogens with one attached hydrogen (secondary N) is 2. The van der Waals surface area contributed by atoms with E-state index in [1.54, 1.807) is 7.11 Å². The highest BCUT2D eigenvalue weighted by Gasteiger charge is 2.13. The van der Waals surface area contributed by atoms with Crippen molar-refractivity contribution in [3.8, 4) is 5.75 Å². The van der Waals surface area contributed by atoms with Crippen LogP contribution < -0.4 is 15.4 Å². The van der Waals surface area contributed by atoms with Crippen LogP contribution in [-0.2, 0) is 6.54 Å². The molecule has 0 fully saturated rings. The minimum Gasteiger partial charge on any atom is -0.497 e. The highest BCUT2D eigenvalue weighted by Crippen LogP contribution is 2.23. The molecule has 3 aromatic rings. The number of hydrogen-bond donors (Lipinski definition) is 2. The zero-order valence-electron chi connectivity index (χ0n) is 13.8. The first-order valence-electron chi connectivity index (χ1n) is 7.66. The summed E-state index contributed by atoms with van der Waals surface area (Å²) < 4.78 is 45.1. The molecule has 0 bridgehead atoms. The van der Waals surface area contributed by atoms with Gasteiger partial charge in [-0.3, -0.25) is 0 Å². The van der Waals surface area contributed by atoms with Crippen molar-refractivity contribution >= 4 is 17.3 Å². The van der Waals surface area contributed by atoms with Crippen LogP contribution >= 0.6 is 0 Å². The standard InChI is InChI=1S/C18H15F3N4O/c1-26-12-4-2-11(3-5-12)9-22-15-8-16(24-10-23-15)25-14-7-6-13(19)17(20)18(14)21/h2-8,10H,9H2,1H3,(H2,22,23,24,25). The second-order valence-electron chi connectivity index (χ2n) is 5.34. The summed E-state index contributed by atoms with van der Waals surface area (Å²) in [7, 11) is 1.60. The third-order valence-corrected chi connectivity index (χ3v) is 3.60. The molecule has 2 N–H and O–H groups in total. The molecule has 0 amide bonds. The molecule has 8 heteroatoms. The molecule has 0 aliphatic heterocycles. The van der Waals surface area contributed by atoms with Gasteiger partial charge in [-0.25, -0.2) is 23.1 Å². The summed E-state index contributed by atoms with van der Waals surface area (Å²) in [5, 5.41) is 5.70. The largest absolute Gasteiger partial charge is 0.497 e. The van der Waals surface area contributed by atoms with Crippen LogP contribution in [0, 0.1) is 17.5 Å². The first kappa shape index (κ1) is 17.5. The van der Waals surface area contributed by atoms with E-state index in [1.165, 1.54) is 12.4 Å². The van der Waals surface area contributed by atoms with Crippen LogP contribution in [0.4, 0.5) is 30.5 Å². The van der Waals surface area contributed by atoms with Gasteiger partial charge in [0.2, 0.25) is 0 Å². The van der Waals surface area contributed by atoms with Crippen LogP contribution in [0.1, 0.15) is 5.56 Å². The highest BCUT2D eigenvalue weighted by molar-refractivity contribution is 5.59. The lowest BCUT2D eigenvalue weighted by atomic mass is 10.2. The average molecular weight is 360 g/mol. The van der Waals surface area contributed by atoms with Crippen LogP contribution in [0.15, 0.2) is 48.8 Å². The van der Waals surface area contributed by atoms with Crippen LogP contribution in [0.3, 0.4) is 0 Å². The van der Waals surface area contributed by atoms with Crippen molar-refractivity contribution in [1.82, 2.24) is 9.97 Å². The molecule has 0 atom stereocenters. The molecule has 134 valence electrons. The molecule has 0 aliphatic rings. The predicted octanol–water partition coefficient (Wildman–Crippen LogP) is 4.26. The molecule has 0 aliphatic carbocycles. The zero-order valence-corrected chi connectivity index (χ0v) is 13.8. The second-order valence-corrected chi connectivity index (χ2v) is 5.34. The number of nitrogens with zero attached hydrogens (tertiary/aromatic N) is 2. The lowest BCUT2D eigenvalue weighted by molar-refractivity contribution is 0.414. The summed E-state index contributed by atoms with van der Waals surface area (Å²) in [6.07, 6.45) is 1.27. The Kier molecular flexibility index (Phi) is 5.21. The van der Waals surface area contributed by atoms with Gasteiger partial charge in [0.15, 0.2) is 17.5 Å². The number of benzene rings is 2. The molecule has 0 unspecified atom stereocenters. The van der Waals surface area contributed by atoms with Gasteiger partial charge in [-0.1, -0.05) is 12.1 Å². The summed E-state index contributed by atoms with van der Waals surface area (Å²) in [6.45, 7) is 0.500. The summed E-state index contributed by atoms with van der Waals surface area (Å²) in [4.78, 5) is 8.01. The van der Waals surface area contributed by atoms with Crippen LogP contribution in [-0.4, -0.2) is 17.1 Å². The first-order valence-corrected chi connectivity index (χ1v) is 7.66. The van der Waals surface area contributed by atoms with Crippen LogP contribution in [0.2, 0.25) is 0 Å². The summed E-state index contributed by atoms with van der Waals surface area (Å²) in [6, 6.07) is 11.0. The average Bonchev–Trinajstić information content (AvgIpc) is 2.67. The van der Waals surface area contributed by atoms with E-state index >= 15 is 0 Å². The molecule has 0 saturated heterocycles. The smallest absolute Gasteiger partial charge is 0.196 e. The maximum atomic E-state index is 13.7. The normalized spacial score (nSPS) is 10.5. The van der Waals surface area contributed by atoms with Gasteiger partial charge in [0.05, 0.1) is 12.8 Å². The highest BCUT2D eigenvalue weighted by atomic mass is 19.2. The predicted molar refractivity (Wildman–Crippen MR) is 92.0 cm³/mol. The number of hydrogen-bond acceptors (Lipinski definition) is 5. The van der Waals surface area contributed by atoms with Gasteiger partial charge >= 0.3 is 0 Å². The van der Waals surface area contributed by atoms with Gasteiger partial charge in [-0.05, 0) is 29.8 Å². The Hall–Kier alpha value is -3.29. The topological polar surface area (TPSA) is 59.1 Å². The van der Waals surface area contributed by atoms with Crippen LogP contribution in [0.5, 0.6) is 5.75 Å². The second kappa shape index (κ2) is 7.73. The number of aromatic nitrogens is 2. The van der Waals surface area contributed by atoms with Crippen molar-refractivity contribution in [3.05, 3.63) is 71.8 Å². The molecule has 3 rings (SSSR count). The van der Waals surface area contributed by atoms with Gasteiger partial charge in [0, 0.05) is 12.6 Å². The summed E-state index contributed by atoms with van der Waals surface area (Å²) >= 11 is 0. The van der Waals surface area contributed by atoms with Crippen molar-refractivity contribution in [2.75, 3.05) is 17.7 Å². The van der Waals surface area contributed by atoms with Gasteiger partial charge < -0.3 is 15.4 Å². The van der Waals surface area contributed by atoms with Crippen molar-refractivity contribution in [2.24, 2.45) is 0 Å². The fourth-order valence-corrected chi connectivity index (χ4v) is 2.22. The number of rotatable bonds is 6. The Bertz CT molecular complexity index is 903. The maximum absolute atomic E-state index is 13.7. The molecule has 5 nitrogen and oxygen atoms in total. The molecule has 1 aromatic heterocycles. The van der Waals surface area contributed by atoms with Crippen molar-refractivity contribution in [3.63, 3.8) is 0 Å². The number of ether oxygens (including phenoxy) is 1. The number of anilines is 3. The van der Waals surface area contributed by atoms with E-state index in [9.17, 15) is 13.2 Å². The van der Waals surface area contributed by atoms with Crippen molar-refractivity contribution < 1.29 is 17.9 Å². The van der Waals surface area contributed by atoms with E-state index in [4.69, 9.17) is 4.74 Å². The van der Waals surface area contributed by atoms with Crippen molar-refractivity contribution in [1.29, 1.82) is 0 Å². The number of methoxy groups -OCH3 is 1. The Morgan fingerprint density at radius 2 is 1.65 bits per heavy atom. The van der Waals surface area contributed by atoms with E-state index in [1.807, 2.05) is 24.3 Å². The minimum absolute atomic E-state index is 0.219. The SMILES string of the molecule is COc1ccc(CNc2cc(Nc3ccc(F)c(F)c3F)ncn2)cc1. The Morgan fingerprint density at radius 3 is 2.38 bits per heavy atom. The van der Waals surface area contributed by atoms with E-state index in [-0.39, 0.29) is 11.5 Å². The molecular formula is C18H15F3N4O. The molecule has 26 heavy (non-hydrogen) atoms. The quantitative estimate of drug-likeness (QED) is 0.644. The van der Waals surface area contributed by atoms with E-state index in [0.29, 0.717) is 12.4 Å². The van der Waals surface area contributed by atoms with E-state index in [0.717, 1.165) is 23.4 Å². The first-order chi connectivity index (χ1) is 12.6. The maximum Gasteiger partial charge on any atom is 0.196 e. The summed E-state index contributed by atoms with van der Waals surface area (Å²) in [5.74, 6) is -2.62. The lowest BCUT2D eigenvalue weighted by Gasteiger charge is -2.10. The lowest BCUT2D eigenvalue weighted by Crippen LogP contribution is -2.04. The van der Waals surface area contributed by atoms with Gasteiger partial charge in [-0.15, -0.1) is 0 Å². The fraction of sp³-hybridized carbons (Fsp3) is 0.111. The van der Waals surface area contributed by atoms with Gasteiger partial charge in [0.1, 0.15) is 23.7 Å². The molecule has 2 aromatic carbocycles. The zero-order chi connectivity index (χ0) is 18.5. The molecule has 0 radical (unpaired) electrons. The molecular weight excluding hydrogens is 345 g/mol. The van der Waals surface area contributed by atoms with Crippen molar-refractivity contribution in [2.45, 2.75) is 6.54 Å². The number of halogens is 3. The Labute approximate surface area is 147 Å². The summed E-state index contributed by atoms with van der Waals surface area (Å²) in [5.41, 5.74) is 0.786. The monoisotopic (exact) mass is 360 g/mol. The molecule has 0 spiro atoms. The van der Waals surface area contributed by atoms with Gasteiger partial charge in [0.25, 0.3) is 0 Å². The molecule has 1 heterocycles.